The number of thioether (sulfide) groups is 1. The van der Waals surface area contributed by atoms with Crippen LogP contribution in [0, 0.1) is 5.92 Å². The third-order valence-electron chi connectivity index (χ3n) is 4.24. The molecule has 24 heavy (non-hydrogen) atoms. The molecular formula is C20H34O3S. The number of ether oxygens (including phenoxy) is 1. The fourth-order valence-corrected chi connectivity index (χ4v) is 2.46. The summed E-state index contributed by atoms with van der Waals surface area (Å²) in [6.07, 6.45) is 7.86. The molecule has 0 aromatic heterocycles. The minimum absolute atomic E-state index is 0.0222. The van der Waals surface area contributed by atoms with Crippen molar-refractivity contribution in [1.82, 2.24) is 0 Å². The van der Waals surface area contributed by atoms with Gasteiger partial charge in [-0.3, -0.25) is 9.59 Å². The largest absolute Gasteiger partial charge is 0.381 e. The summed E-state index contributed by atoms with van der Waals surface area (Å²) in [6, 6.07) is 0. The second-order valence-corrected chi connectivity index (χ2v) is 7.31. The molecule has 1 aliphatic carbocycles. The Morgan fingerprint density at radius 3 is 2.08 bits per heavy atom. The Balaban J connectivity index is 0.00000163. The van der Waals surface area contributed by atoms with E-state index in [-0.39, 0.29) is 11.6 Å². The summed E-state index contributed by atoms with van der Waals surface area (Å²) >= 11 is 1.75. The van der Waals surface area contributed by atoms with Crippen molar-refractivity contribution in [3.63, 3.8) is 0 Å². The van der Waals surface area contributed by atoms with Gasteiger partial charge in [-0.25, -0.2) is 0 Å². The van der Waals surface area contributed by atoms with Gasteiger partial charge in [0, 0.05) is 35.5 Å². The summed E-state index contributed by atoms with van der Waals surface area (Å²) in [7, 11) is 0. The maximum Gasteiger partial charge on any atom is 0.185 e. The second kappa shape index (κ2) is 12.5. The standard InChI is InChI=1S/C18H28O3.C2H6S/c1-6-7-10-21-11-12(2)8-9-16-15(5)17(19)13(3)14(4)18(16)20;1-3-2/h12H,6-11H2,1-5H3;1-2H3/t12-;/m0./s1. The van der Waals surface area contributed by atoms with E-state index in [9.17, 15) is 9.59 Å². The molecule has 0 amide bonds. The molecule has 0 unspecified atom stereocenters. The highest BCUT2D eigenvalue weighted by Gasteiger charge is 2.27. The number of carbonyl (C=O) groups excluding carboxylic acids is 2. The van der Waals surface area contributed by atoms with Crippen molar-refractivity contribution in [2.75, 3.05) is 25.7 Å². The molecule has 1 rings (SSSR count). The van der Waals surface area contributed by atoms with Crippen LogP contribution in [0.15, 0.2) is 22.3 Å². The number of Topliss-reactive ketones (excluding diaryl/α,β-unsaturated/α-hetero) is 2. The predicted molar refractivity (Wildman–Crippen MR) is 105 cm³/mol. The third-order valence-corrected chi connectivity index (χ3v) is 4.24. The summed E-state index contributed by atoms with van der Waals surface area (Å²) in [5.74, 6) is 0.468. The molecule has 0 fully saturated rings. The summed E-state index contributed by atoms with van der Waals surface area (Å²) in [5, 5.41) is 0. The minimum Gasteiger partial charge on any atom is -0.381 e. The lowest BCUT2D eigenvalue weighted by molar-refractivity contribution is -0.116. The van der Waals surface area contributed by atoms with E-state index in [1.54, 1.807) is 32.5 Å². The molecule has 0 aliphatic heterocycles. The molecule has 3 nitrogen and oxygen atoms in total. The second-order valence-electron chi connectivity index (χ2n) is 6.49. The van der Waals surface area contributed by atoms with E-state index < -0.39 is 0 Å². The summed E-state index contributed by atoms with van der Waals surface area (Å²) < 4.78 is 5.61. The quantitative estimate of drug-likeness (QED) is 0.454. The van der Waals surface area contributed by atoms with Crippen molar-refractivity contribution in [2.24, 2.45) is 5.92 Å². The van der Waals surface area contributed by atoms with Crippen molar-refractivity contribution in [3.05, 3.63) is 22.3 Å². The van der Waals surface area contributed by atoms with Gasteiger partial charge in [0.1, 0.15) is 0 Å². The Hall–Kier alpha value is -0.870. The zero-order valence-corrected chi connectivity index (χ0v) is 17.3. The van der Waals surface area contributed by atoms with E-state index in [0.29, 0.717) is 34.6 Å². The van der Waals surface area contributed by atoms with Gasteiger partial charge in [0.25, 0.3) is 0 Å². The molecule has 0 saturated heterocycles. The number of hydrogen-bond donors (Lipinski definition) is 0. The molecule has 0 radical (unpaired) electrons. The van der Waals surface area contributed by atoms with Gasteiger partial charge >= 0.3 is 0 Å². The third kappa shape index (κ3) is 7.35. The number of rotatable bonds is 8. The molecule has 1 aliphatic rings. The van der Waals surface area contributed by atoms with Crippen LogP contribution in [0.2, 0.25) is 0 Å². The van der Waals surface area contributed by atoms with Gasteiger partial charge in [-0.1, -0.05) is 20.3 Å². The van der Waals surface area contributed by atoms with Gasteiger partial charge in [0.2, 0.25) is 0 Å². The van der Waals surface area contributed by atoms with Gasteiger partial charge in [0.05, 0.1) is 0 Å². The lowest BCUT2D eigenvalue weighted by Crippen LogP contribution is -2.21. The van der Waals surface area contributed by atoms with Gasteiger partial charge < -0.3 is 4.74 Å². The number of unbranched alkanes of at least 4 members (excludes halogenated alkanes) is 1. The van der Waals surface area contributed by atoms with E-state index in [1.165, 1.54) is 0 Å². The SMILES string of the molecule is CCCCOC[C@@H](C)CCC1=C(C)C(=O)C(C)=C(C)C1=O.CSC. The van der Waals surface area contributed by atoms with E-state index in [4.69, 9.17) is 4.74 Å². The molecule has 0 aromatic carbocycles. The summed E-state index contributed by atoms with van der Waals surface area (Å²) in [4.78, 5) is 24.4. The molecule has 4 heteroatoms. The summed E-state index contributed by atoms with van der Waals surface area (Å²) in [6.45, 7) is 11.1. The highest BCUT2D eigenvalue weighted by atomic mass is 32.2. The Bertz CT molecular complexity index is 489. The Morgan fingerprint density at radius 2 is 1.54 bits per heavy atom. The molecule has 0 aromatic rings. The van der Waals surface area contributed by atoms with E-state index >= 15 is 0 Å². The number of hydrogen-bond acceptors (Lipinski definition) is 4. The van der Waals surface area contributed by atoms with Gasteiger partial charge in [-0.2, -0.15) is 11.8 Å². The first kappa shape index (κ1) is 23.1. The first-order valence-corrected chi connectivity index (χ1v) is 10.4. The van der Waals surface area contributed by atoms with Crippen LogP contribution in [0.5, 0.6) is 0 Å². The van der Waals surface area contributed by atoms with Gasteiger partial charge in [0.15, 0.2) is 11.6 Å². The zero-order chi connectivity index (χ0) is 18.7. The minimum atomic E-state index is 0.0222. The van der Waals surface area contributed by atoms with Crippen LogP contribution in [0.4, 0.5) is 0 Å². The van der Waals surface area contributed by atoms with Crippen LogP contribution in [0.25, 0.3) is 0 Å². The Labute approximate surface area is 152 Å². The van der Waals surface area contributed by atoms with Crippen molar-refractivity contribution in [2.45, 2.75) is 60.3 Å². The average molecular weight is 355 g/mol. The molecule has 0 N–H and O–H groups in total. The Morgan fingerprint density at radius 1 is 1.00 bits per heavy atom. The maximum absolute atomic E-state index is 12.3. The first-order valence-electron chi connectivity index (χ1n) is 8.76. The Kier molecular flexibility index (Phi) is 12.0. The fourth-order valence-electron chi connectivity index (χ4n) is 2.46. The van der Waals surface area contributed by atoms with E-state index in [2.05, 4.69) is 13.8 Å². The number of carbonyl (C=O) groups is 2. The fraction of sp³-hybridized carbons (Fsp3) is 0.700. The highest BCUT2D eigenvalue weighted by Crippen LogP contribution is 2.28. The monoisotopic (exact) mass is 354 g/mol. The van der Waals surface area contributed by atoms with Crippen LogP contribution < -0.4 is 0 Å². The molecule has 0 saturated carbocycles. The zero-order valence-electron chi connectivity index (χ0n) is 16.5. The smallest absolute Gasteiger partial charge is 0.185 e. The molecule has 0 heterocycles. The van der Waals surface area contributed by atoms with Crippen molar-refractivity contribution < 1.29 is 14.3 Å². The molecule has 0 spiro atoms. The van der Waals surface area contributed by atoms with Crippen molar-refractivity contribution >= 4 is 23.3 Å². The van der Waals surface area contributed by atoms with Crippen LogP contribution in [0.1, 0.15) is 60.3 Å². The van der Waals surface area contributed by atoms with E-state index in [0.717, 1.165) is 32.5 Å². The van der Waals surface area contributed by atoms with Crippen molar-refractivity contribution in [3.8, 4) is 0 Å². The van der Waals surface area contributed by atoms with Crippen molar-refractivity contribution in [1.29, 1.82) is 0 Å². The van der Waals surface area contributed by atoms with E-state index in [1.807, 2.05) is 12.5 Å². The lowest BCUT2D eigenvalue weighted by Gasteiger charge is -2.20. The number of allylic oxidation sites excluding steroid dienone is 4. The molecule has 1 atom stereocenters. The van der Waals surface area contributed by atoms with Crippen LogP contribution in [0.3, 0.4) is 0 Å². The van der Waals surface area contributed by atoms with Crippen LogP contribution in [-0.2, 0) is 14.3 Å². The predicted octanol–water partition coefficient (Wildman–Crippen LogP) is 5.00. The highest BCUT2D eigenvalue weighted by molar-refractivity contribution is 7.97. The average Bonchev–Trinajstić information content (AvgIpc) is 2.56. The van der Waals surface area contributed by atoms with Gasteiger partial charge in [-0.05, 0) is 58.5 Å². The molecule has 0 bridgehead atoms. The lowest BCUT2D eigenvalue weighted by atomic mass is 9.83. The topological polar surface area (TPSA) is 43.4 Å². The maximum atomic E-state index is 12.3. The van der Waals surface area contributed by atoms with Gasteiger partial charge in [-0.15, -0.1) is 0 Å². The first-order chi connectivity index (χ1) is 11.3. The molecular weight excluding hydrogens is 320 g/mol. The summed E-state index contributed by atoms with van der Waals surface area (Å²) in [5.41, 5.74) is 2.52. The molecule has 138 valence electrons. The normalized spacial score (nSPS) is 16.3. The van der Waals surface area contributed by atoms with Crippen LogP contribution in [-0.4, -0.2) is 37.3 Å². The van der Waals surface area contributed by atoms with Crippen LogP contribution >= 0.6 is 11.8 Å². The number of ketones is 2.